The van der Waals surface area contributed by atoms with E-state index in [4.69, 9.17) is 5.73 Å². The van der Waals surface area contributed by atoms with Crippen LogP contribution in [-0.4, -0.2) is 83.1 Å². The van der Waals surface area contributed by atoms with Crippen LogP contribution in [0.5, 0.6) is 0 Å². The summed E-state index contributed by atoms with van der Waals surface area (Å²) in [5.74, 6) is -0.476. The number of rotatable bonds is 10. The van der Waals surface area contributed by atoms with Crippen LogP contribution in [0.15, 0.2) is 24.3 Å². The Hall–Kier alpha value is -1.69. The number of nitrogens with one attached hydrogen (secondary N) is 1. The second-order valence-corrected chi connectivity index (χ2v) is 16.1. The first-order valence-corrected chi connectivity index (χ1v) is 17.2. The molecule has 38 heavy (non-hydrogen) atoms. The molecule has 0 spiro atoms. The second kappa shape index (κ2) is 11.4. The van der Waals surface area contributed by atoms with Gasteiger partial charge in [-0.3, -0.25) is 4.79 Å². The molecule has 1 aliphatic heterocycles. The third kappa shape index (κ3) is 6.37. The molecule has 1 saturated carbocycles. The third-order valence-corrected chi connectivity index (χ3v) is 12.4. The molecule has 1 aliphatic carbocycles. The number of sulfone groups is 1. The van der Waals surface area contributed by atoms with Gasteiger partial charge < -0.3 is 16.0 Å². The molecule has 1 amide bonds. The van der Waals surface area contributed by atoms with Crippen molar-refractivity contribution in [3.63, 3.8) is 0 Å². The van der Waals surface area contributed by atoms with Crippen molar-refractivity contribution in [2.75, 3.05) is 48.8 Å². The molecule has 4 atom stereocenters. The van der Waals surface area contributed by atoms with Crippen LogP contribution in [0, 0.1) is 23.7 Å². The number of nitrogens with zero attached hydrogens (tertiary/aromatic N) is 2. The zero-order valence-corrected chi connectivity index (χ0v) is 25.4. The molecule has 3 N–H and O–H groups in total. The van der Waals surface area contributed by atoms with Crippen LogP contribution >= 0.6 is 0 Å². The lowest BCUT2D eigenvalue weighted by Crippen LogP contribution is -2.58. The van der Waals surface area contributed by atoms with Crippen molar-refractivity contribution in [3.8, 4) is 0 Å². The standard InChI is InChI=1S/C27H46N4O5S2/c1-7-27(19-38(35,36)31-15-13-30(14-16-31)23-11-9-8-10-20(23)2)24(18-21(3)26(27,4)5)29-25(32)22(28)12-17-37(6,33)34/h8-11,21-22,24H,7,12-19,28H2,1-6H3,(H,29,32)/t21-,22-,24?,27+/m1/s1. The molecule has 1 heterocycles. The Labute approximate surface area is 229 Å². The Morgan fingerprint density at radius 2 is 1.74 bits per heavy atom. The number of piperazine rings is 1. The van der Waals surface area contributed by atoms with E-state index >= 15 is 0 Å². The molecule has 0 radical (unpaired) electrons. The van der Waals surface area contributed by atoms with Gasteiger partial charge in [-0.1, -0.05) is 45.9 Å². The van der Waals surface area contributed by atoms with Gasteiger partial charge in [0.15, 0.2) is 0 Å². The molecule has 0 bridgehead atoms. The number of nitrogens with two attached hydrogens (primary N) is 1. The molecular formula is C27H46N4O5S2. The maximum atomic E-state index is 13.9. The number of hydrogen-bond donors (Lipinski definition) is 2. The number of anilines is 1. The predicted molar refractivity (Wildman–Crippen MR) is 153 cm³/mol. The molecular weight excluding hydrogens is 524 g/mol. The summed E-state index contributed by atoms with van der Waals surface area (Å²) < 4.78 is 52.5. The monoisotopic (exact) mass is 570 g/mol. The van der Waals surface area contributed by atoms with Gasteiger partial charge in [0, 0.05) is 49.6 Å². The summed E-state index contributed by atoms with van der Waals surface area (Å²) in [5, 5.41) is 3.05. The molecule has 1 aromatic carbocycles. The predicted octanol–water partition coefficient (Wildman–Crippen LogP) is 2.16. The highest BCUT2D eigenvalue weighted by Crippen LogP contribution is 2.58. The Morgan fingerprint density at radius 1 is 1.13 bits per heavy atom. The topological polar surface area (TPSA) is 130 Å². The summed E-state index contributed by atoms with van der Waals surface area (Å²) in [7, 11) is -6.86. The van der Waals surface area contributed by atoms with E-state index in [1.54, 1.807) is 4.31 Å². The third-order valence-electron chi connectivity index (χ3n) is 9.38. The normalized spacial score (nSPS) is 27.3. The molecule has 0 aromatic heterocycles. The molecule has 9 nitrogen and oxygen atoms in total. The number of para-hydroxylation sites is 1. The van der Waals surface area contributed by atoms with E-state index in [2.05, 4.69) is 50.0 Å². The Morgan fingerprint density at radius 3 is 2.29 bits per heavy atom. The first-order valence-electron chi connectivity index (χ1n) is 13.6. The van der Waals surface area contributed by atoms with Gasteiger partial charge >= 0.3 is 0 Å². The van der Waals surface area contributed by atoms with Gasteiger partial charge in [0.05, 0.1) is 17.5 Å². The lowest BCUT2D eigenvalue weighted by molar-refractivity contribution is -0.124. The van der Waals surface area contributed by atoms with Crippen molar-refractivity contribution in [1.29, 1.82) is 0 Å². The summed E-state index contributed by atoms with van der Waals surface area (Å²) in [5.41, 5.74) is 7.30. The molecule has 11 heteroatoms. The van der Waals surface area contributed by atoms with Crippen LogP contribution in [0.25, 0.3) is 0 Å². The number of carbonyl (C=O) groups is 1. The fourth-order valence-corrected chi connectivity index (χ4v) is 9.41. The van der Waals surface area contributed by atoms with Gasteiger partial charge in [0.25, 0.3) is 0 Å². The van der Waals surface area contributed by atoms with Crippen molar-refractivity contribution in [2.45, 2.75) is 66.0 Å². The maximum absolute atomic E-state index is 13.9. The van der Waals surface area contributed by atoms with Gasteiger partial charge in [-0.2, -0.15) is 4.31 Å². The van der Waals surface area contributed by atoms with Crippen molar-refractivity contribution in [3.05, 3.63) is 29.8 Å². The zero-order chi connectivity index (χ0) is 28.5. The van der Waals surface area contributed by atoms with Crippen LogP contribution in [0.3, 0.4) is 0 Å². The summed E-state index contributed by atoms with van der Waals surface area (Å²) in [6.07, 6.45) is 2.36. The highest BCUT2D eigenvalue weighted by Gasteiger charge is 2.60. The maximum Gasteiger partial charge on any atom is 0.237 e. The second-order valence-electron chi connectivity index (χ2n) is 11.9. The van der Waals surface area contributed by atoms with Gasteiger partial charge in [0.2, 0.25) is 15.9 Å². The lowest BCUT2D eigenvalue weighted by Gasteiger charge is -2.47. The Balaban J connectivity index is 1.78. The summed E-state index contributed by atoms with van der Waals surface area (Å²) in [4.78, 5) is 15.2. The van der Waals surface area contributed by atoms with Gasteiger partial charge in [0.1, 0.15) is 9.84 Å². The molecule has 3 rings (SSSR count). The molecule has 216 valence electrons. The van der Waals surface area contributed by atoms with E-state index in [0.717, 1.165) is 11.9 Å². The number of amides is 1. The van der Waals surface area contributed by atoms with Crippen LogP contribution in [0.4, 0.5) is 5.69 Å². The van der Waals surface area contributed by atoms with Crippen LogP contribution in [0.1, 0.15) is 52.5 Å². The average molecular weight is 571 g/mol. The van der Waals surface area contributed by atoms with Crippen molar-refractivity contribution in [1.82, 2.24) is 9.62 Å². The molecule has 1 aromatic rings. The van der Waals surface area contributed by atoms with E-state index in [1.807, 2.05) is 19.1 Å². The van der Waals surface area contributed by atoms with Crippen molar-refractivity contribution >= 4 is 31.5 Å². The van der Waals surface area contributed by atoms with Crippen molar-refractivity contribution < 1.29 is 21.6 Å². The average Bonchev–Trinajstić information content (AvgIpc) is 3.02. The molecule has 2 aliphatic rings. The van der Waals surface area contributed by atoms with Gasteiger partial charge in [-0.15, -0.1) is 0 Å². The quantitative estimate of drug-likeness (QED) is 0.441. The van der Waals surface area contributed by atoms with Crippen LogP contribution < -0.4 is 16.0 Å². The molecule has 2 fully saturated rings. The summed E-state index contributed by atoms with van der Waals surface area (Å²) >= 11 is 0. The number of sulfonamides is 1. The number of hydrogen-bond acceptors (Lipinski definition) is 7. The highest BCUT2D eigenvalue weighted by atomic mass is 32.2. The minimum Gasteiger partial charge on any atom is -0.369 e. The van der Waals surface area contributed by atoms with E-state index < -0.39 is 37.2 Å². The molecule has 1 saturated heterocycles. The lowest BCUT2D eigenvalue weighted by atomic mass is 9.63. The number of benzene rings is 1. The van der Waals surface area contributed by atoms with Crippen LogP contribution in [0.2, 0.25) is 0 Å². The SMILES string of the molecule is CC[C@]1(CS(=O)(=O)N2CCN(c3ccccc3C)CC2)C(NC(=O)[C@H](N)CCS(C)(=O)=O)C[C@@H](C)C1(C)C. The van der Waals surface area contributed by atoms with Gasteiger partial charge in [-0.25, -0.2) is 16.8 Å². The van der Waals surface area contributed by atoms with Crippen LogP contribution in [-0.2, 0) is 24.7 Å². The van der Waals surface area contributed by atoms with Gasteiger partial charge in [-0.05, 0) is 49.1 Å². The summed E-state index contributed by atoms with van der Waals surface area (Å²) in [6.45, 7) is 12.4. The number of carbonyl (C=O) groups excluding carboxylic acids is 1. The fourth-order valence-electron chi connectivity index (χ4n) is 6.39. The van der Waals surface area contributed by atoms with E-state index in [1.165, 1.54) is 5.56 Å². The van der Waals surface area contributed by atoms with E-state index in [0.29, 0.717) is 39.0 Å². The van der Waals surface area contributed by atoms with E-state index in [-0.39, 0.29) is 35.3 Å². The molecule has 1 unspecified atom stereocenters. The zero-order valence-electron chi connectivity index (χ0n) is 23.7. The fraction of sp³-hybridized carbons (Fsp3) is 0.741. The summed E-state index contributed by atoms with van der Waals surface area (Å²) in [6, 6.07) is 6.79. The Kier molecular flexibility index (Phi) is 9.28. The highest BCUT2D eigenvalue weighted by molar-refractivity contribution is 7.90. The minimum absolute atomic E-state index is 0.0267. The van der Waals surface area contributed by atoms with Crippen molar-refractivity contribution in [2.24, 2.45) is 22.5 Å². The van der Waals surface area contributed by atoms with E-state index in [9.17, 15) is 21.6 Å². The first kappa shape index (κ1) is 30.8. The Bertz CT molecular complexity index is 1210. The minimum atomic E-state index is -3.62. The number of aryl methyl sites for hydroxylation is 1. The first-order chi connectivity index (χ1) is 17.5. The largest absolute Gasteiger partial charge is 0.369 e. The smallest absolute Gasteiger partial charge is 0.237 e.